The number of amides is 1. The van der Waals surface area contributed by atoms with Gasteiger partial charge in [0.25, 0.3) is 0 Å². The van der Waals surface area contributed by atoms with E-state index in [1.165, 1.54) is 32.1 Å². The average Bonchev–Trinajstić information content (AvgIpc) is 2.79. The molecule has 1 saturated carbocycles. The summed E-state index contributed by atoms with van der Waals surface area (Å²) in [5, 5.41) is 9.49. The minimum atomic E-state index is 0.319. The first-order chi connectivity index (χ1) is 14.2. The Balaban J connectivity index is 1.26. The first-order valence-corrected chi connectivity index (χ1v) is 11.2. The van der Waals surface area contributed by atoms with Crippen LogP contribution in [0, 0.1) is 5.92 Å². The molecule has 2 aliphatic rings. The molecule has 154 valence electrons. The molecule has 1 aliphatic carbocycles. The van der Waals surface area contributed by atoms with Gasteiger partial charge in [-0.15, -0.1) is 10.2 Å². The molecule has 1 saturated heterocycles. The summed E-state index contributed by atoms with van der Waals surface area (Å²) in [6.07, 6.45) is 8.45. The number of benzene rings is 1. The Morgan fingerprint density at radius 3 is 2.31 bits per heavy atom. The summed E-state index contributed by atoms with van der Waals surface area (Å²) in [6.45, 7) is 3.16. The highest BCUT2D eigenvalue weighted by Crippen LogP contribution is 2.27. The third-order valence-corrected chi connectivity index (χ3v) is 6.49. The van der Waals surface area contributed by atoms with Crippen molar-refractivity contribution in [1.82, 2.24) is 15.1 Å². The molecule has 1 aromatic heterocycles. The van der Waals surface area contributed by atoms with Crippen LogP contribution in [-0.2, 0) is 4.79 Å². The number of rotatable bonds is 5. The SMILES string of the molecule is O=C(CCC1CCCCC1)N1CCN(c2ccc(-c3ccc(Cl)cc3)nn2)CC1. The van der Waals surface area contributed by atoms with Crippen molar-refractivity contribution in [2.24, 2.45) is 5.92 Å². The Bertz CT molecular complexity index is 795. The first kappa shape index (κ1) is 20.1. The number of hydrogen-bond acceptors (Lipinski definition) is 4. The second-order valence-corrected chi connectivity index (χ2v) is 8.63. The van der Waals surface area contributed by atoms with Gasteiger partial charge in [-0.05, 0) is 36.6 Å². The lowest BCUT2D eigenvalue weighted by molar-refractivity contribution is -0.131. The van der Waals surface area contributed by atoms with Gasteiger partial charge >= 0.3 is 0 Å². The maximum Gasteiger partial charge on any atom is 0.222 e. The van der Waals surface area contributed by atoms with Crippen LogP contribution in [0.1, 0.15) is 44.9 Å². The summed E-state index contributed by atoms with van der Waals surface area (Å²) in [4.78, 5) is 16.8. The number of aromatic nitrogens is 2. The monoisotopic (exact) mass is 412 g/mol. The maximum absolute atomic E-state index is 12.6. The lowest BCUT2D eigenvalue weighted by Gasteiger charge is -2.35. The summed E-state index contributed by atoms with van der Waals surface area (Å²) in [5.41, 5.74) is 1.84. The van der Waals surface area contributed by atoms with Crippen LogP contribution in [0.2, 0.25) is 5.02 Å². The Morgan fingerprint density at radius 1 is 0.931 bits per heavy atom. The van der Waals surface area contributed by atoms with Crippen molar-refractivity contribution < 1.29 is 4.79 Å². The smallest absolute Gasteiger partial charge is 0.222 e. The Morgan fingerprint density at radius 2 is 1.66 bits per heavy atom. The molecule has 0 N–H and O–H groups in total. The topological polar surface area (TPSA) is 49.3 Å². The maximum atomic E-state index is 12.6. The van der Waals surface area contributed by atoms with E-state index in [-0.39, 0.29) is 0 Å². The van der Waals surface area contributed by atoms with Gasteiger partial charge in [-0.3, -0.25) is 4.79 Å². The molecule has 0 radical (unpaired) electrons. The van der Waals surface area contributed by atoms with E-state index < -0.39 is 0 Å². The zero-order valence-corrected chi connectivity index (χ0v) is 17.7. The summed E-state index contributed by atoms with van der Waals surface area (Å²) in [5.74, 6) is 1.96. The third kappa shape index (κ3) is 5.27. The van der Waals surface area contributed by atoms with Gasteiger partial charge in [0.15, 0.2) is 5.82 Å². The second-order valence-electron chi connectivity index (χ2n) is 8.19. The van der Waals surface area contributed by atoms with Crippen molar-refractivity contribution in [3.05, 3.63) is 41.4 Å². The van der Waals surface area contributed by atoms with Gasteiger partial charge in [-0.1, -0.05) is 55.8 Å². The molecule has 6 heteroatoms. The molecule has 2 heterocycles. The second kappa shape index (κ2) is 9.57. The number of nitrogens with zero attached hydrogens (tertiary/aromatic N) is 4. The lowest BCUT2D eigenvalue weighted by Crippen LogP contribution is -2.49. The van der Waals surface area contributed by atoms with Crippen LogP contribution in [0.15, 0.2) is 36.4 Å². The van der Waals surface area contributed by atoms with Crippen LogP contribution in [-0.4, -0.2) is 47.2 Å². The average molecular weight is 413 g/mol. The van der Waals surface area contributed by atoms with Gasteiger partial charge in [0, 0.05) is 43.2 Å². The van der Waals surface area contributed by atoms with Crippen molar-refractivity contribution in [2.75, 3.05) is 31.1 Å². The van der Waals surface area contributed by atoms with E-state index >= 15 is 0 Å². The van der Waals surface area contributed by atoms with E-state index in [4.69, 9.17) is 11.6 Å². The largest absolute Gasteiger partial charge is 0.352 e. The van der Waals surface area contributed by atoms with Crippen LogP contribution in [0.4, 0.5) is 5.82 Å². The minimum absolute atomic E-state index is 0.319. The van der Waals surface area contributed by atoms with Crippen LogP contribution in [0.3, 0.4) is 0 Å². The van der Waals surface area contributed by atoms with Crippen molar-refractivity contribution >= 4 is 23.3 Å². The van der Waals surface area contributed by atoms with Gasteiger partial charge in [-0.25, -0.2) is 0 Å². The standard InChI is InChI=1S/C23H29ClN4O/c24-20-9-7-19(8-10-20)21-11-12-22(26-25-21)27-14-16-28(17-15-27)23(29)13-6-18-4-2-1-3-5-18/h7-12,18H,1-6,13-17H2. The Labute approximate surface area is 178 Å². The van der Waals surface area contributed by atoms with Gasteiger partial charge in [0.1, 0.15) is 0 Å². The van der Waals surface area contributed by atoms with Crippen molar-refractivity contribution in [3.8, 4) is 11.3 Å². The van der Waals surface area contributed by atoms with Crippen LogP contribution in [0.25, 0.3) is 11.3 Å². The van der Waals surface area contributed by atoms with E-state index in [2.05, 4.69) is 15.1 Å². The molecular formula is C23H29ClN4O. The number of piperazine rings is 1. The molecule has 4 rings (SSSR count). The van der Waals surface area contributed by atoms with Gasteiger partial charge in [-0.2, -0.15) is 0 Å². The number of carbonyl (C=O) groups is 1. The number of anilines is 1. The third-order valence-electron chi connectivity index (χ3n) is 6.24. The molecule has 2 aromatic rings. The summed E-state index contributed by atoms with van der Waals surface area (Å²) >= 11 is 5.95. The fourth-order valence-corrected chi connectivity index (χ4v) is 4.54. The minimum Gasteiger partial charge on any atom is -0.352 e. The molecule has 0 unspecified atom stereocenters. The Hall–Kier alpha value is -2.14. The number of carbonyl (C=O) groups excluding carboxylic acids is 1. The van der Waals surface area contributed by atoms with Gasteiger partial charge < -0.3 is 9.80 Å². The zero-order valence-electron chi connectivity index (χ0n) is 16.9. The Kier molecular flexibility index (Phi) is 6.65. The predicted octanol–water partition coefficient (Wildman–Crippen LogP) is 4.81. The molecular weight excluding hydrogens is 384 g/mol. The zero-order chi connectivity index (χ0) is 20.1. The highest BCUT2D eigenvalue weighted by atomic mass is 35.5. The quantitative estimate of drug-likeness (QED) is 0.707. The molecule has 1 aromatic carbocycles. The molecule has 5 nitrogen and oxygen atoms in total. The highest BCUT2D eigenvalue weighted by Gasteiger charge is 2.23. The summed E-state index contributed by atoms with van der Waals surface area (Å²) in [7, 11) is 0. The summed E-state index contributed by atoms with van der Waals surface area (Å²) in [6, 6.07) is 11.6. The first-order valence-electron chi connectivity index (χ1n) is 10.8. The van der Waals surface area contributed by atoms with Gasteiger partial charge in [0.05, 0.1) is 5.69 Å². The van der Waals surface area contributed by atoms with E-state index in [1.807, 2.05) is 41.3 Å². The molecule has 0 bridgehead atoms. The fourth-order valence-electron chi connectivity index (χ4n) is 4.41. The highest BCUT2D eigenvalue weighted by molar-refractivity contribution is 6.30. The number of halogens is 1. The van der Waals surface area contributed by atoms with E-state index in [0.717, 1.165) is 55.6 Å². The summed E-state index contributed by atoms with van der Waals surface area (Å²) < 4.78 is 0. The lowest BCUT2D eigenvalue weighted by atomic mass is 9.86. The van der Waals surface area contributed by atoms with Crippen LogP contribution >= 0.6 is 11.6 Å². The van der Waals surface area contributed by atoms with Crippen LogP contribution in [0.5, 0.6) is 0 Å². The van der Waals surface area contributed by atoms with Crippen molar-refractivity contribution in [1.29, 1.82) is 0 Å². The molecule has 1 amide bonds. The molecule has 1 aliphatic heterocycles. The van der Waals surface area contributed by atoms with Gasteiger partial charge in [0.2, 0.25) is 5.91 Å². The molecule has 29 heavy (non-hydrogen) atoms. The van der Waals surface area contributed by atoms with Crippen LogP contribution < -0.4 is 4.90 Å². The number of hydrogen-bond donors (Lipinski definition) is 0. The molecule has 0 spiro atoms. The predicted molar refractivity (Wildman–Crippen MR) is 117 cm³/mol. The van der Waals surface area contributed by atoms with Crippen molar-refractivity contribution in [2.45, 2.75) is 44.9 Å². The van der Waals surface area contributed by atoms with E-state index in [9.17, 15) is 4.79 Å². The molecule has 2 fully saturated rings. The molecule has 0 atom stereocenters. The fraction of sp³-hybridized carbons (Fsp3) is 0.522. The van der Waals surface area contributed by atoms with E-state index in [1.54, 1.807) is 0 Å². The van der Waals surface area contributed by atoms with Crippen molar-refractivity contribution in [3.63, 3.8) is 0 Å². The normalized spacial score (nSPS) is 18.1. The van der Waals surface area contributed by atoms with E-state index in [0.29, 0.717) is 17.4 Å².